The number of hydrogen-bond donors (Lipinski definition) is 1. The summed E-state index contributed by atoms with van der Waals surface area (Å²) in [4.78, 5) is 0. The van der Waals surface area contributed by atoms with E-state index in [1.165, 1.54) is 0 Å². The standard InChI is InChI=1S/C7H14O3/c8-4-1-2-7-3-5-9-6-10-7/h7-8H,1-6H2. The van der Waals surface area contributed by atoms with Gasteiger partial charge in [0.15, 0.2) is 0 Å². The lowest BCUT2D eigenvalue weighted by Crippen LogP contribution is -2.23. The van der Waals surface area contributed by atoms with Gasteiger partial charge in [0.05, 0.1) is 12.7 Å². The smallest absolute Gasteiger partial charge is 0.147 e. The van der Waals surface area contributed by atoms with Crippen LogP contribution in [0.25, 0.3) is 0 Å². The Morgan fingerprint density at radius 2 is 2.40 bits per heavy atom. The van der Waals surface area contributed by atoms with Gasteiger partial charge in [0.2, 0.25) is 0 Å². The maximum atomic E-state index is 8.51. The van der Waals surface area contributed by atoms with Crippen molar-refractivity contribution in [1.82, 2.24) is 0 Å². The van der Waals surface area contributed by atoms with E-state index >= 15 is 0 Å². The topological polar surface area (TPSA) is 38.7 Å². The van der Waals surface area contributed by atoms with Gasteiger partial charge in [0.25, 0.3) is 0 Å². The molecule has 1 fully saturated rings. The monoisotopic (exact) mass is 146 g/mol. The number of rotatable bonds is 3. The zero-order valence-electron chi connectivity index (χ0n) is 6.08. The van der Waals surface area contributed by atoms with Crippen LogP contribution in [0.4, 0.5) is 0 Å². The largest absolute Gasteiger partial charge is 0.396 e. The Labute approximate surface area is 60.9 Å². The molecule has 0 aromatic rings. The first kappa shape index (κ1) is 7.98. The van der Waals surface area contributed by atoms with Crippen LogP contribution in [0.3, 0.4) is 0 Å². The molecule has 0 aromatic heterocycles. The molecule has 1 unspecified atom stereocenters. The predicted molar refractivity (Wildman–Crippen MR) is 36.6 cm³/mol. The van der Waals surface area contributed by atoms with E-state index in [1.807, 2.05) is 0 Å². The number of ether oxygens (including phenoxy) is 2. The molecule has 0 aliphatic carbocycles. The van der Waals surface area contributed by atoms with E-state index < -0.39 is 0 Å². The van der Waals surface area contributed by atoms with Crippen LogP contribution in [0.2, 0.25) is 0 Å². The maximum Gasteiger partial charge on any atom is 0.147 e. The molecule has 1 aliphatic rings. The lowest BCUT2D eigenvalue weighted by atomic mass is 10.1. The van der Waals surface area contributed by atoms with Gasteiger partial charge in [0.1, 0.15) is 6.79 Å². The molecule has 0 saturated carbocycles. The SMILES string of the molecule is OCCCC1CCOCO1. The van der Waals surface area contributed by atoms with Gasteiger partial charge in [-0.15, -0.1) is 0 Å². The van der Waals surface area contributed by atoms with Gasteiger partial charge in [-0.1, -0.05) is 0 Å². The molecule has 1 atom stereocenters. The Bertz CT molecular complexity index is 78.9. The highest BCUT2D eigenvalue weighted by Crippen LogP contribution is 2.10. The van der Waals surface area contributed by atoms with E-state index in [-0.39, 0.29) is 6.61 Å². The molecular weight excluding hydrogens is 132 g/mol. The molecule has 0 amide bonds. The summed E-state index contributed by atoms with van der Waals surface area (Å²) in [5.74, 6) is 0. The van der Waals surface area contributed by atoms with E-state index in [4.69, 9.17) is 14.6 Å². The van der Waals surface area contributed by atoms with E-state index in [9.17, 15) is 0 Å². The lowest BCUT2D eigenvalue weighted by Gasteiger charge is -2.22. The number of aliphatic hydroxyl groups is 1. The molecule has 1 saturated heterocycles. The van der Waals surface area contributed by atoms with E-state index in [2.05, 4.69) is 0 Å². The van der Waals surface area contributed by atoms with Crippen molar-refractivity contribution >= 4 is 0 Å². The molecule has 60 valence electrons. The van der Waals surface area contributed by atoms with Gasteiger partial charge in [-0.25, -0.2) is 0 Å². The minimum absolute atomic E-state index is 0.265. The Kier molecular flexibility index (Phi) is 3.72. The third-order valence-electron chi connectivity index (χ3n) is 1.66. The zero-order valence-corrected chi connectivity index (χ0v) is 6.08. The summed E-state index contributed by atoms with van der Waals surface area (Å²) in [5.41, 5.74) is 0. The summed E-state index contributed by atoms with van der Waals surface area (Å²) in [5, 5.41) is 8.51. The number of aliphatic hydroxyl groups excluding tert-OH is 1. The Balaban J connectivity index is 2.02. The molecule has 3 nitrogen and oxygen atoms in total. The van der Waals surface area contributed by atoms with Crippen LogP contribution in [-0.2, 0) is 9.47 Å². The second-order valence-electron chi connectivity index (χ2n) is 2.47. The van der Waals surface area contributed by atoms with Gasteiger partial charge in [0, 0.05) is 6.61 Å². The van der Waals surface area contributed by atoms with Crippen LogP contribution in [0.15, 0.2) is 0 Å². The van der Waals surface area contributed by atoms with Crippen LogP contribution in [0.1, 0.15) is 19.3 Å². The molecule has 0 spiro atoms. The minimum Gasteiger partial charge on any atom is -0.396 e. The Morgan fingerprint density at radius 3 is 3.00 bits per heavy atom. The predicted octanol–water partition coefficient (Wildman–Crippen LogP) is 0.522. The molecule has 10 heavy (non-hydrogen) atoms. The molecule has 0 radical (unpaired) electrons. The van der Waals surface area contributed by atoms with E-state index in [1.54, 1.807) is 0 Å². The second-order valence-corrected chi connectivity index (χ2v) is 2.47. The molecule has 1 N–H and O–H groups in total. The third-order valence-corrected chi connectivity index (χ3v) is 1.66. The summed E-state index contributed by atoms with van der Waals surface area (Å²) < 4.78 is 10.2. The highest BCUT2D eigenvalue weighted by Gasteiger charge is 2.12. The second kappa shape index (κ2) is 4.66. The molecule has 1 aliphatic heterocycles. The fourth-order valence-electron chi connectivity index (χ4n) is 1.05. The van der Waals surface area contributed by atoms with Gasteiger partial charge in [-0.3, -0.25) is 0 Å². The van der Waals surface area contributed by atoms with Crippen LogP contribution in [-0.4, -0.2) is 31.2 Å². The average Bonchev–Trinajstić information content (AvgIpc) is 2.03. The summed E-state index contributed by atoms with van der Waals surface area (Å²) >= 11 is 0. The van der Waals surface area contributed by atoms with Gasteiger partial charge >= 0.3 is 0 Å². The van der Waals surface area contributed by atoms with Crippen molar-refractivity contribution in [3.05, 3.63) is 0 Å². The van der Waals surface area contributed by atoms with Crippen LogP contribution < -0.4 is 0 Å². The molecule has 1 rings (SSSR count). The molecule has 0 aromatic carbocycles. The molecule has 1 heterocycles. The van der Waals surface area contributed by atoms with Gasteiger partial charge < -0.3 is 14.6 Å². The molecule has 0 bridgehead atoms. The fraction of sp³-hybridized carbons (Fsp3) is 1.00. The Hall–Kier alpha value is -0.120. The first-order valence-corrected chi connectivity index (χ1v) is 3.73. The van der Waals surface area contributed by atoms with Crippen LogP contribution >= 0.6 is 0 Å². The van der Waals surface area contributed by atoms with Crippen LogP contribution in [0.5, 0.6) is 0 Å². The van der Waals surface area contributed by atoms with Crippen molar-refractivity contribution in [3.63, 3.8) is 0 Å². The summed E-state index contributed by atoms with van der Waals surface area (Å²) in [6, 6.07) is 0. The van der Waals surface area contributed by atoms with Gasteiger partial charge in [-0.2, -0.15) is 0 Å². The average molecular weight is 146 g/mol. The van der Waals surface area contributed by atoms with Crippen molar-refractivity contribution in [2.75, 3.05) is 20.0 Å². The highest BCUT2D eigenvalue weighted by atomic mass is 16.7. The summed E-state index contributed by atoms with van der Waals surface area (Å²) in [6.45, 7) is 1.49. The maximum absolute atomic E-state index is 8.51. The van der Waals surface area contributed by atoms with Crippen molar-refractivity contribution < 1.29 is 14.6 Å². The fourth-order valence-corrected chi connectivity index (χ4v) is 1.05. The quantitative estimate of drug-likeness (QED) is 0.631. The summed E-state index contributed by atoms with van der Waals surface area (Å²) in [7, 11) is 0. The lowest BCUT2D eigenvalue weighted by molar-refractivity contribution is -0.141. The minimum atomic E-state index is 0.265. The van der Waals surface area contributed by atoms with Crippen LogP contribution in [0, 0.1) is 0 Å². The first-order chi connectivity index (χ1) is 4.93. The van der Waals surface area contributed by atoms with E-state index in [0.717, 1.165) is 25.9 Å². The van der Waals surface area contributed by atoms with Crippen molar-refractivity contribution in [2.45, 2.75) is 25.4 Å². The summed E-state index contributed by atoms with van der Waals surface area (Å²) in [6.07, 6.45) is 3.09. The first-order valence-electron chi connectivity index (χ1n) is 3.73. The van der Waals surface area contributed by atoms with E-state index in [0.29, 0.717) is 12.9 Å². The Morgan fingerprint density at radius 1 is 1.50 bits per heavy atom. The number of hydrogen-bond acceptors (Lipinski definition) is 3. The zero-order chi connectivity index (χ0) is 7.23. The van der Waals surface area contributed by atoms with Crippen molar-refractivity contribution in [2.24, 2.45) is 0 Å². The van der Waals surface area contributed by atoms with Crippen molar-refractivity contribution in [1.29, 1.82) is 0 Å². The highest BCUT2D eigenvalue weighted by molar-refractivity contribution is 4.59. The normalized spacial score (nSPS) is 26.7. The van der Waals surface area contributed by atoms with Gasteiger partial charge in [-0.05, 0) is 19.3 Å². The molecular formula is C7H14O3. The molecule has 3 heteroatoms. The third kappa shape index (κ3) is 2.64. The van der Waals surface area contributed by atoms with Crippen molar-refractivity contribution in [3.8, 4) is 0 Å².